The van der Waals surface area contributed by atoms with Crippen molar-refractivity contribution < 1.29 is 54.4 Å². The van der Waals surface area contributed by atoms with Crippen LogP contribution in [0, 0.1) is 0 Å². The van der Waals surface area contributed by atoms with Crippen molar-refractivity contribution in [2.24, 2.45) is 0 Å². The summed E-state index contributed by atoms with van der Waals surface area (Å²) in [5.74, 6) is -3.59. The molecule has 1 fully saturated rings. The second kappa shape index (κ2) is 8.57. The quantitative estimate of drug-likeness (QED) is 0.257. The Morgan fingerprint density at radius 3 is 2.18 bits per heavy atom. The number of aliphatic hydroxyl groups is 3. The molecule has 5 atom stereocenters. The van der Waals surface area contributed by atoms with E-state index in [0.717, 1.165) is 24.3 Å². The number of hydrogen-bond acceptors (Lipinski definition) is 12. The van der Waals surface area contributed by atoms with Gasteiger partial charge in [0, 0.05) is 17.7 Å². The second-order valence-corrected chi connectivity index (χ2v) is 7.77. The SMILES string of the molecule is COc1cc(O)cc2oc(-c3cc(O)c(O)c(O)c3)c(OC3OC(C)C(O)C(O)C3O)c(=O)c12. The van der Waals surface area contributed by atoms with Crippen molar-refractivity contribution in [3.8, 4) is 45.8 Å². The zero-order valence-corrected chi connectivity index (χ0v) is 17.9. The van der Waals surface area contributed by atoms with Gasteiger partial charge in [-0.1, -0.05) is 0 Å². The monoisotopic (exact) mass is 478 g/mol. The average Bonchev–Trinajstić information content (AvgIpc) is 2.79. The number of rotatable bonds is 4. The van der Waals surface area contributed by atoms with Crippen LogP contribution in [0.3, 0.4) is 0 Å². The molecule has 182 valence electrons. The van der Waals surface area contributed by atoms with Crippen molar-refractivity contribution in [1.82, 2.24) is 0 Å². The highest BCUT2D eigenvalue weighted by molar-refractivity contribution is 5.89. The van der Waals surface area contributed by atoms with Gasteiger partial charge in [0.05, 0.1) is 13.2 Å². The minimum atomic E-state index is -1.77. The van der Waals surface area contributed by atoms with E-state index < -0.39 is 59.1 Å². The topological polar surface area (TPSA) is 200 Å². The summed E-state index contributed by atoms with van der Waals surface area (Å²) in [7, 11) is 1.26. The Balaban J connectivity index is 1.97. The average molecular weight is 478 g/mol. The summed E-state index contributed by atoms with van der Waals surface area (Å²) in [6, 6.07) is 4.24. The Bertz CT molecular complexity index is 1280. The van der Waals surface area contributed by atoms with Crippen LogP contribution in [0.15, 0.2) is 33.5 Å². The molecule has 2 aromatic carbocycles. The highest BCUT2D eigenvalue weighted by atomic mass is 16.7. The molecule has 2 heterocycles. The summed E-state index contributed by atoms with van der Waals surface area (Å²) in [6.07, 6.45) is -7.45. The lowest BCUT2D eigenvalue weighted by Crippen LogP contribution is -2.58. The summed E-state index contributed by atoms with van der Waals surface area (Å²) < 4.78 is 22.0. The molecule has 0 amide bonds. The van der Waals surface area contributed by atoms with Gasteiger partial charge >= 0.3 is 0 Å². The number of hydrogen-bond donors (Lipinski definition) is 7. The number of benzene rings is 2. The van der Waals surface area contributed by atoms with Crippen molar-refractivity contribution in [2.75, 3.05) is 7.11 Å². The van der Waals surface area contributed by atoms with E-state index in [1.807, 2.05) is 0 Å². The number of phenolic OH excluding ortho intramolecular Hbond substituents is 4. The van der Waals surface area contributed by atoms with Crippen molar-refractivity contribution in [3.63, 3.8) is 0 Å². The van der Waals surface area contributed by atoms with E-state index in [1.165, 1.54) is 14.0 Å². The van der Waals surface area contributed by atoms with Crippen molar-refractivity contribution in [3.05, 3.63) is 34.5 Å². The normalized spacial score (nSPS) is 24.8. The third-order valence-electron chi connectivity index (χ3n) is 5.50. The number of aliphatic hydroxyl groups excluding tert-OH is 3. The van der Waals surface area contributed by atoms with Crippen LogP contribution in [0.4, 0.5) is 0 Å². The van der Waals surface area contributed by atoms with Crippen LogP contribution in [0.1, 0.15) is 6.92 Å². The van der Waals surface area contributed by atoms with Crippen LogP contribution in [0.2, 0.25) is 0 Å². The second-order valence-electron chi connectivity index (χ2n) is 7.77. The van der Waals surface area contributed by atoms with Crippen LogP contribution >= 0.6 is 0 Å². The van der Waals surface area contributed by atoms with Crippen molar-refractivity contribution in [2.45, 2.75) is 37.6 Å². The lowest BCUT2D eigenvalue weighted by Gasteiger charge is -2.38. The molecule has 0 radical (unpaired) electrons. The van der Waals surface area contributed by atoms with Crippen LogP contribution in [0.25, 0.3) is 22.3 Å². The maximum Gasteiger partial charge on any atom is 0.239 e. The van der Waals surface area contributed by atoms with E-state index in [9.17, 15) is 40.5 Å². The molecule has 5 unspecified atom stereocenters. The van der Waals surface area contributed by atoms with Crippen molar-refractivity contribution >= 4 is 11.0 Å². The molecule has 0 aliphatic carbocycles. The van der Waals surface area contributed by atoms with Gasteiger partial charge in [-0.05, 0) is 19.1 Å². The molecule has 12 nitrogen and oxygen atoms in total. The molecule has 3 aromatic rings. The van der Waals surface area contributed by atoms with Gasteiger partial charge in [-0.2, -0.15) is 0 Å². The summed E-state index contributed by atoms with van der Waals surface area (Å²) >= 11 is 0. The first-order chi connectivity index (χ1) is 16.0. The third-order valence-corrected chi connectivity index (χ3v) is 5.50. The molecule has 7 N–H and O–H groups in total. The summed E-state index contributed by atoms with van der Waals surface area (Å²) in [5.41, 5.74) is -1.11. The Morgan fingerprint density at radius 1 is 0.912 bits per heavy atom. The number of aromatic hydroxyl groups is 4. The first kappa shape index (κ1) is 23.4. The molecule has 4 rings (SSSR count). The van der Waals surface area contributed by atoms with Crippen molar-refractivity contribution in [1.29, 1.82) is 0 Å². The fourth-order valence-electron chi connectivity index (χ4n) is 3.67. The summed E-state index contributed by atoms with van der Waals surface area (Å²) in [6.45, 7) is 1.42. The third kappa shape index (κ3) is 3.82. The number of ether oxygens (including phenoxy) is 3. The number of fused-ring (bicyclic) bond motifs is 1. The maximum atomic E-state index is 13.5. The van der Waals surface area contributed by atoms with Gasteiger partial charge in [0.1, 0.15) is 40.8 Å². The lowest BCUT2D eigenvalue weighted by atomic mass is 10.00. The van der Waals surface area contributed by atoms with Crippen LogP contribution in [-0.2, 0) is 4.74 Å². The molecule has 0 bridgehead atoms. The summed E-state index contributed by atoms with van der Waals surface area (Å²) in [5, 5.41) is 69.8. The molecule has 0 spiro atoms. The van der Waals surface area contributed by atoms with Gasteiger partial charge < -0.3 is 54.4 Å². The highest BCUT2D eigenvalue weighted by Crippen LogP contribution is 2.43. The molecule has 34 heavy (non-hydrogen) atoms. The van der Waals surface area contributed by atoms with Gasteiger partial charge in [0.2, 0.25) is 17.5 Å². The van der Waals surface area contributed by atoms with Gasteiger partial charge in [0.15, 0.2) is 23.0 Å². The van der Waals surface area contributed by atoms with Gasteiger partial charge in [-0.3, -0.25) is 4.79 Å². The molecular weight excluding hydrogens is 456 g/mol. The zero-order valence-electron chi connectivity index (χ0n) is 17.9. The van der Waals surface area contributed by atoms with Crippen LogP contribution in [-0.4, -0.2) is 73.6 Å². The summed E-state index contributed by atoms with van der Waals surface area (Å²) in [4.78, 5) is 13.5. The molecule has 12 heteroatoms. The molecule has 1 saturated heterocycles. The smallest absolute Gasteiger partial charge is 0.239 e. The van der Waals surface area contributed by atoms with Crippen LogP contribution < -0.4 is 14.9 Å². The fraction of sp³-hybridized carbons (Fsp3) is 0.318. The highest BCUT2D eigenvalue weighted by Gasteiger charge is 2.44. The Hall–Kier alpha value is -3.71. The zero-order chi connectivity index (χ0) is 24.9. The first-order valence-electron chi connectivity index (χ1n) is 10.0. The fourth-order valence-corrected chi connectivity index (χ4v) is 3.67. The van der Waals surface area contributed by atoms with Gasteiger partial charge in [0.25, 0.3) is 0 Å². The molecule has 0 saturated carbocycles. The van der Waals surface area contributed by atoms with Gasteiger partial charge in [-0.25, -0.2) is 0 Å². The minimum absolute atomic E-state index is 0.0644. The number of phenols is 4. The Morgan fingerprint density at radius 2 is 1.56 bits per heavy atom. The lowest BCUT2D eigenvalue weighted by molar-refractivity contribution is -0.268. The molecule has 1 aliphatic heterocycles. The largest absolute Gasteiger partial charge is 0.508 e. The Labute approximate surface area is 191 Å². The standard InChI is InChI=1S/C22H22O12/c1-7-15(26)18(29)19(30)22(32-7)34-21-17(28)14-12(31-2)5-9(23)6-13(14)33-20(21)8-3-10(24)16(27)11(25)4-8/h3-7,15,18-19,22-27,29-30H,1-2H3. The van der Waals surface area contributed by atoms with E-state index in [1.54, 1.807) is 0 Å². The Kier molecular flexibility index (Phi) is 5.91. The van der Waals surface area contributed by atoms with E-state index >= 15 is 0 Å². The predicted octanol–water partition coefficient (Wildman–Crippen LogP) is 0.497. The molecule has 1 aromatic heterocycles. The number of methoxy groups -OCH3 is 1. The van der Waals surface area contributed by atoms with E-state index in [4.69, 9.17) is 18.6 Å². The predicted molar refractivity (Wildman–Crippen MR) is 114 cm³/mol. The first-order valence-corrected chi connectivity index (χ1v) is 10.0. The van der Waals surface area contributed by atoms with Gasteiger partial charge in [-0.15, -0.1) is 0 Å². The minimum Gasteiger partial charge on any atom is -0.508 e. The molecular formula is C22H22O12. The van der Waals surface area contributed by atoms with E-state index in [0.29, 0.717) is 0 Å². The van der Waals surface area contributed by atoms with E-state index in [2.05, 4.69) is 0 Å². The maximum absolute atomic E-state index is 13.5. The van der Waals surface area contributed by atoms with Crippen LogP contribution in [0.5, 0.6) is 34.5 Å². The molecule has 1 aliphatic rings. The van der Waals surface area contributed by atoms with E-state index in [-0.39, 0.29) is 33.8 Å².